The zero-order valence-corrected chi connectivity index (χ0v) is 10.8. The normalized spacial score (nSPS) is 11.4. The number of halogens is 3. The van der Waals surface area contributed by atoms with E-state index in [0.29, 0.717) is 5.56 Å². The fourth-order valence-corrected chi connectivity index (χ4v) is 1.69. The molecule has 0 aliphatic rings. The summed E-state index contributed by atoms with van der Waals surface area (Å²) in [6.07, 6.45) is -4.52. The van der Waals surface area contributed by atoms with Crippen LogP contribution in [0, 0.1) is 6.92 Å². The maximum absolute atomic E-state index is 12.6. The van der Waals surface area contributed by atoms with E-state index < -0.39 is 23.3 Å². The van der Waals surface area contributed by atoms with Gasteiger partial charge in [0.15, 0.2) is 0 Å². The van der Waals surface area contributed by atoms with Gasteiger partial charge in [0.2, 0.25) is 0 Å². The van der Waals surface area contributed by atoms with Gasteiger partial charge >= 0.3 is 11.9 Å². The third-order valence-electron chi connectivity index (χ3n) is 2.78. The van der Waals surface area contributed by atoms with Crippen molar-refractivity contribution >= 4 is 5.91 Å². The summed E-state index contributed by atoms with van der Waals surface area (Å²) in [6, 6.07) is 2.93. The Bertz CT molecular complexity index is 718. The fraction of sp³-hybridized carbons (Fsp3) is 0.250. The van der Waals surface area contributed by atoms with Gasteiger partial charge in [-0.15, -0.1) is 0 Å². The molecule has 1 heterocycles. The molecule has 2 rings (SSSR count). The van der Waals surface area contributed by atoms with Crippen LogP contribution in [0.1, 0.15) is 27.3 Å². The highest BCUT2D eigenvalue weighted by Crippen LogP contribution is 2.30. The first-order valence-electron chi connectivity index (χ1n) is 5.87. The molecule has 0 atom stereocenters. The minimum absolute atomic E-state index is 0.0808. The fourth-order valence-electron chi connectivity index (χ4n) is 1.69. The Morgan fingerprint density at radius 3 is 2.67 bits per heavy atom. The van der Waals surface area contributed by atoms with Crippen LogP contribution < -0.4 is 11.0 Å². The van der Waals surface area contributed by atoms with Crippen molar-refractivity contribution in [3.8, 4) is 0 Å². The number of nitrogens with zero attached hydrogens (tertiary/aromatic N) is 1. The number of alkyl halides is 3. The average molecular weight is 300 g/mol. The largest absolute Gasteiger partial charge is 0.416 e. The number of aromatic amines is 2. The van der Waals surface area contributed by atoms with E-state index in [1.807, 2.05) is 0 Å². The van der Waals surface area contributed by atoms with Crippen LogP contribution in [0.3, 0.4) is 0 Å². The summed E-state index contributed by atoms with van der Waals surface area (Å²) >= 11 is 0. The SMILES string of the molecule is Cc1ccc(C(F)(F)F)cc1C(=O)NCc1n[nH]c(=O)[nH]1. The Hall–Kier alpha value is -2.58. The molecule has 1 amide bonds. The van der Waals surface area contributed by atoms with E-state index in [9.17, 15) is 22.8 Å². The van der Waals surface area contributed by atoms with Crippen LogP contribution in [0.15, 0.2) is 23.0 Å². The van der Waals surface area contributed by atoms with Crippen LogP contribution in [0.25, 0.3) is 0 Å². The van der Waals surface area contributed by atoms with E-state index in [-0.39, 0.29) is 17.9 Å². The van der Waals surface area contributed by atoms with Gasteiger partial charge in [-0.05, 0) is 24.6 Å². The lowest BCUT2D eigenvalue weighted by atomic mass is 10.0. The zero-order chi connectivity index (χ0) is 15.6. The second-order valence-corrected chi connectivity index (χ2v) is 4.33. The summed E-state index contributed by atoms with van der Waals surface area (Å²) in [7, 11) is 0. The van der Waals surface area contributed by atoms with E-state index in [1.54, 1.807) is 0 Å². The molecule has 0 radical (unpaired) electrons. The lowest BCUT2D eigenvalue weighted by molar-refractivity contribution is -0.137. The van der Waals surface area contributed by atoms with Gasteiger partial charge < -0.3 is 5.32 Å². The molecule has 1 aromatic carbocycles. The predicted molar refractivity (Wildman–Crippen MR) is 66.6 cm³/mol. The quantitative estimate of drug-likeness (QED) is 0.799. The first kappa shape index (κ1) is 14.8. The summed E-state index contributed by atoms with van der Waals surface area (Å²) in [5, 5.41) is 8.07. The monoisotopic (exact) mass is 300 g/mol. The van der Waals surface area contributed by atoms with Crippen LogP contribution in [0.4, 0.5) is 13.2 Å². The molecule has 0 unspecified atom stereocenters. The Morgan fingerprint density at radius 2 is 2.10 bits per heavy atom. The van der Waals surface area contributed by atoms with Gasteiger partial charge in [0.05, 0.1) is 12.1 Å². The van der Waals surface area contributed by atoms with Crippen LogP contribution in [0.5, 0.6) is 0 Å². The summed E-state index contributed by atoms with van der Waals surface area (Å²) in [5.41, 5.74) is -1.10. The smallest absolute Gasteiger partial charge is 0.345 e. The molecular weight excluding hydrogens is 289 g/mol. The van der Waals surface area contributed by atoms with Gasteiger partial charge in [-0.3, -0.25) is 9.78 Å². The standard InChI is InChI=1S/C12H11F3N4O2/c1-6-2-3-7(12(13,14)15)4-8(6)10(20)16-5-9-17-11(21)19-18-9/h2-4H,5H2,1H3,(H,16,20)(H2,17,18,19,21). The van der Waals surface area contributed by atoms with E-state index in [2.05, 4.69) is 20.5 Å². The number of nitrogens with one attached hydrogen (secondary N) is 3. The number of carbonyl (C=O) groups is 1. The Balaban J connectivity index is 2.16. The highest BCUT2D eigenvalue weighted by molar-refractivity contribution is 5.95. The average Bonchev–Trinajstić information content (AvgIpc) is 2.81. The first-order valence-corrected chi connectivity index (χ1v) is 5.87. The molecule has 0 aliphatic carbocycles. The van der Waals surface area contributed by atoms with Crippen molar-refractivity contribution in [3.05, 3.63) is 51.2 Å². The van der Waals surface area contributed by atoms with Crippen molar-refractivity contribution in [1.82, 2.24) is 20.5 Å². The Labute approximate surface area is 116 Å². The highest BCUT2D eigenvalue weighted by atomic mass is 19.4. The molecule has 112 valence electrons. The molecule has 21 heavy (non-hydrogen) atoms. The molecule has 0 fully saturated rings. The van der Waals surface area contributed by atoms with Crippen molar-refractivity contribution in [2.75, 3.05) is 0 Å². The lowest BCUT2D eigenvalue weighted by Gasteiger charge is -2.11. The molecule has 1 aromatic heterocycles. The van der Waals surface area contributed by atoms with E-state index in [0.717, 1.165) is 12.1 Å². The summed E-state index contributed by atoms with van der Waals surface area (Å²) in [6.45, 7) is 1.43. The van der Waals surface area contributed by atoms with Crippen molar-refractivity contribution in [2.45, 2.75) is 19.6 Å². The van der Waals surface area contributed by atoms with Gasteiger partial charge in [-0.25, -0.2) is 9.89 Å². The molecule has 0 spiro atoms. The maximum Gasteiger partial charge on any atom is 0.416 e. The van der Waals surface area contributed by atoms with E-state index in [4.69, 9.17) is 0 Å². The molecule has 0 bridgehead atoms. The number of H-pyrrole nitrogens is 2. The number of carbonyl (C=O) groups excluding carboxylic acids is 1. The van der Waals surface area contributed by atoms with Gasteiger partial charge in [0, 0.05) is 5.56 Å². The number of hydrogen-bond acceptors (Lipinski definition) is 3. The van der Waals surface area contributed by atoms with Crippen molar-refractivity contribution in [1.29, 1.82) is 0 Å². The topological polar surface area (TPSA) is 90.6 Å². The highest BCUT2D eigenvalue weighted by Gasteiger charge is 2.31. The number of rotatable bonds is 3. The summed E-state index contributed by atoms with van der Waals surface area (Å²) < 4.78 is 37.9. The molecule has 3 N–H and O–H groups in total. The number of aryl methyl sites for hydroxylation is 1. The number of hydrogen-bond donors (Lipinski definition) is 3. The van der Waals surface area contributed by atoms with Gasteiger partial charge in [0.1, 0.15) is 5.82 Å². The molecule has 6 nitrogen and oxygen atoms in total. The van der Waals surface area contributed by atoms with Crippen molar-refractivity contribution in [2.24, 2.45) is 0 Å². The van der Waals surface area contributed by atoms with E-state index in [1.165, 1.54) is 13.0 Å². The van der Waals surface area contributed by atoms with E-state index >= 15 is 0 Å². The zero-order valence-electron chi connectivity index (χ0n) is 10.8. The summed E-state index contributed by atoms with van der Waals surface area (Å²) in [5.74, 6) is -0.500. The molecule has 0 aliphatic heterocycles. The Kier molecular flexibility index (Phi) is 3.83. The minimum Gasteiger partial charge on any atom is -0.345 e. The van der Waals surface area contributed by atoms with Crippen molar-refractivity contribution < 1.29 is 18.0 Å². The van der Waals surface area contributed by atoms with Gasteiger partial charge in [-0.2, -0.15) is 18.3 Å². The van der Waals surface area contributed by atoms with Crippen LogP contribution in [0.2, 0.25) is 0 Å². The van der Waals surface area contributed by atoms with Crippen molar-refractivity contribution in [3.63, 3.8) is 0 Å². The second kappa shape index (κ2) is 5.43. The molecule has 2 aromatic rings. The number of benzene rings is 1. The van der Waals surface area contributed by atoms with Gasteiger partial charge in [0.25, 0.3) is 5.91 Å². The first-order chi connectivity index (χ1) is 9.77. The third-order valence-corrected chi connectivity index (χ3v) is 2.78. The van der Waals surface area contributed by atoms with Gasteiger partial charge in [-0.1, -0.05) is 6.07 Å². The lowest BCUT2D eigenvalue weighted by Crippen LogP contribution is -2.25. The third kappa shape index (κ3) is 3.50. The molecular formula is C12H11F3N4O2. The van der Waals surface area contributed by atoms with Crippen LogP contribution in [-0.2, 0) is 12.7 Å². The Morgan fingerprint density at radius 1 is 1.38 bits per heavy atom. The van der Waals surface area contributed by atoms with Crippen LogP contribution in [-0.4, -0.2) is 21.1 Å². The molecule has 9 heteroatoms. The number of amides is 1. The molecule has 0 saturated carbocycles. The molecule has 0 saturated heterocycles. The van der Waals surface area contributed by atoms with Crippen LogP contribution >= 0.6 is 0 Å². The minimum atomic E-state index is -4.52. The number of aromatic nitrogens is 3. The predicted octanol–water partition coefficient (Wildman–Crippen LogP) is 1.36. The second-order valence-electron chi connectivity index (χ2n) is 4.33. The maximum atomic E-state index is 12.6. The summed E-state index contributed by atoms with van der Waals surface area (Å²) in [4.78, 5) is 25.0.